The molecule has 0 heterocycles. The van der Waals surface area contributed by atoms with Gasteiger partial charge in [0, 0.05) is 12.8 Å². The van der Waals surface area contributed by atoms with Crippen LogP contribution < -0.4 is 0 Å². The lowest BCUT2D eigenvalue weighted by atomic mass is 10.1. The Morgan fingerprint density at radius 1 is 0.479 bits per heavy atom. The van der Waals surface area contributed by atoms with Gasteiger partial charge in [-0.05, 0) is 89.9 Å². The van der Waals surface area contributed by atoms with Crippen LogP contribution in [-0.4, -0.2) is 36.4 Å². The fraction of sp³-hybridized carbons (Fsp3) is 0.674. The normalized spacial score (nSPS) is 13.0. The van der Waals surface area contributed by atoms with Gasteiger partial charge in [-0.3, -0.25) is 9.59 Å². The van der Waals surface area contributed by atoms with Gasteiger partial charge in [0.2, 0.25) is 0 Å². The van der Waals surface area contributed by atoms with Gasteiger partial charge in [-0.25, -0.2) is 0 Å². The van der Waals surface area contributed by atoms with Crippen LogP contribution in [0, 0.1) is 0 Å². The van der Waals surface area contributed by atoms with Crippen molar-refractivity contribution in [3.8, 4) is 0 Å². The Hall–Kier alpha value is -2.66. The number of carbonyl (C=O) groups excluding carboxylic acids is 2. The Labute approximate surface area is 295 Å². The molecule has 0 aliphatic rings. The average molecular weight is 669 g/mol. The zero-order chi connectivity index (χ0) is 35.0. The van der Waals surface area contributed by atoms with E-state index in [9.17, 15) is 14.7 Å². The van der Waals surface area contributed by atoms with Gasteiger partial charge in [-0.15, -0.1) is 0 Å². The Balaban J connectivity index is 3.68. The molecule has 0 radical (unpaired) electrons. The van der Waals surface area contributed by atoms with Crippen molar-refractivity contribution in [1.29, 1.82) is 0 Å². The highest BCUT2D eigenvalue weighted by atomic mass is 16.6. The minimum Gasteiger partial charge on any atom is -0.462 e. The van der Waals surface area contributed by atoms with Gasteiger partial charge in [-0.2, -0.15) is 0 Å². The number of unbranched alkanes of at least 4 members (excludes halogenated alkanes) is 14. The Morgan fingerprint density at radius 3 is 1.27 bits per heavy atom. The summed E-state index contributed by atoms with van der Waals surface area (Å²) in [5.74, 6) is -0.649. The molecule has 0 fully saturated rings. The van der Waals surface area contributed by atoms with Crippen molar-refractivity contribution in [3.05, 3.63) is 72.9 Å². The van der Waals surface area contributed by atoms with Crippen molar-refractivity contribution < 1.29 is 24.2 Å². The fourth-order valence-electron chi connectivity index (χ4n) is 4.98. The lowest BCUT2D eigenvalue weighted by Gasteiger charge is -2.15. The van der Waals surface area contributed by atoms with Crippen LogP contribution in [0.4, 0.5) is 0 Å². The number of hydrogen-bond donors (Lipinski definition) is 1. The third-order valence-electron chi connectivity index (χ3n) is 7.97. The van der Waals surface area contributed by atoms with Crippen molar-refractivity contribution in [1.82, 2.24) is 0 Å². The second-order valence-electron chi connectivity index (χ2n) is 12.6. The first-order valence-corrected chi connectivity index (χ1v) is 19.5. The summed E-state index contributed by atoms with van der Waals surface area (Å²) >= 11 is 0. The molecular formula is C43H72O5. The highest BCUT2D eigenvalue weighted by molar-refractivity contribution is 5.70. The van der Waals surface area contributed by atoms with Gasteiger partial charge in [0.05, 0.1) is 6.61 Å². The van der Waals surface area contributed by atoms with E-state index in [4.69, 9.17) is 9.47 Å². The van der Waals surface area contributed by atoms with E-state index in [0.29, 0.717) is 12.8 Å². The van der Waals surface area contributed by atoms with Crippen LogP contribution >= 0.6 is 0 Å². The van der Waals surface area contributed by atoms with Crippen LogP contribution in [0.25, 0.3) is 0 Å². The predicted molar refractivity (Wildman–Crippen MR) is 205 cm³/mol. The van der Waals surface area contributed by atoms with Crippen LogP contribution in [0.2, 0.25) is 0 Å². The first kappa shape index (κ1) is 45.3. The first-order chi connectivity index (χ1) is 23.6. The highest BCUT2D eigenvalue weighted by Crippen LogP contribution is 2.10. The van der Waals surface area contributed by atoms with E-state index < -0.39 is 6.10 Å². The van der Waals surface area contributed by atoms with E-state index in [1.54, 1.807) is 0 Å². The molecule has 0 bridgehead atoms. The predicted octanol–water partition coefficient (Wildman–Crippen LogP) is 12.2. The maximum absolute atomic E-state index is 12.1. The molecule has 0 amide bonds. The minimum absolute atomic E-state index is 0.0918. The van der Waals surface area contributed by atoms with Gasteiger partial charge in [0.15, 0.2) is 6.10 Å². The van der Waals surface area contributed by atoms with E-state index >= 15 is 0 Å². The largest absolute Gasteiger partial charge is 0.462 e. The Morgan fingerprint density at radius 2 is 0.833 bits per heavy atom. The van der Waals surface area contributed by atoms with Crippen molar-refractivity contribution in [2.45, 2.75) is 174 Å². The van der Waals surface area contributed by atoms with E-state index in [-0.39, 0.29) is 25.2 Å². The number of aliphatic hydroxyl groups excluding tert-OH is 1. The molecule has 1 unspecified atom stereocenters. The number of allylic oxidation sites excluding steroid dienone is 12. The van der Waals surface area contributed by atoms with Gasteiger partial charge in [0.1, 0.15) is 6.61 Å². The van der Waals surface area contributed by atoms with Gasteiger partial charge >= 0.3 is 11.9 Å². The summed E-state index contributed by atoms with van der Waals surface area (Å²) in [6, 6.07) is 0. The molecular weight excluding hydrogens is 596 g/mol. The number of rotatable bonds is 34. The third kappa shape index (κ3) is 36.2. The van der Waals surface area contributed by atoms with Gasteiger partial charge < -0.3 is 14.6 Å². The van der Waals surface area contributed by atoms with Crippen molar-refractivity contribution in [2.24, 2.45) is 0 Å². The zero-order valence-electron chi connectivity index (χ0n) is 31.0. The molecule has 0 aromatic heterocycles. The molecule has 0 aromatic rings. The van der Waals surface area contributed by atoms with E-state index in [0.717, 1.165) is 83.5 Å². The van der Waals surface area contributed by atoms with Crippen LogP contribution in [0.3, 0.4) is 0 Å². The first-order valence-electron chi connectivity index (χ1n) is 19.5. The van der Waals surface area contributed by atoms with Crippen LogP contribution in [0.5, 0.6) is 0 Å². The van der Waals surface area contributed by atoms with E-state index in [2.05, 4.69) is 86.8 Å². The number of aliphatic hydroxyl groups is 1. The number of hydrogen-bond acceptors (Lipinski definition) is 5. The second kappa shape index (κ2) is 38.8. The molecule has 0 aliphatic heterocycles. The maximum atomic E-state index is 12.1. The standard InChI is InChI=1S/C43H72O5/c1-3-5-7-9-11-13-15-17-19-20-21-22-24-25-27-29-31-33-35-37-42(45)47-40-41(39-44)48-43(46)38-36-34-32-30-28-26-23-18-16-14-12-10-8-6-4-2/h11-14,17-19,21-23,25,27,41,44H,3-10,15-16,20,24,26,28-40H2,1-2H3. The summed E-state index contributed by atoms with van der Waals surface area (Å²) < 4.78 is 10.6. The Bertz CT molecular complexity index is 895. The van der Waals surface area contributed by atoms with E-state index in [1.165, 1.54) is 57.8 Å². The fourth-order valence-corrected chi connectivity index (χ4v) is 4.98. The highest BCUT2D eigenvalue weighted by Gasteiger charge is 2.16. The van der Waals surface area contributed by atoms with Gasteiger partial charge in [0.25, 0.3) is 0 Å². The smallest absolute Gasteiger partial charge is 0.306 e. The van der Waals surface area contributed by atoms with Crippen LogP contribution in [-0.2, 0) is 19.1 Å². The third-order valence-corrected chi connectivity index (χ3v) is 7.97. The summed E-state index contributed by atoms with van der Waals surface area (Å²) in [6.07, 6.45) is 51.0. The molecule has 5 nitrogen and oxygen atoms in total. The summed E-state index contributed by atoms with van der Waals surface area (Å²) in [5, 5.41) is 9.54. The minimum atomic E-state index is -0.795. The quantitative estimate of drug-likeness (QED) is 0.0420. The SMILES string of the molecule is CCCCCC=CCC=CCC=CCC=CCCCCCC(=O)OCC(CO)OC(=O)CCCCCCCC=CCC=CCCCCC. The van der Waals surface area contributed by atoms with Gasteiger partial charge in [-0.1, -0.05) is 138 Å². The molecule has 1 N–H and O–H groups in total. The topological polar surface area (TPSA) is 72.8 Å². The molecule has 48 heavy (non-hydrogen) atoms. The monoisotopic (exact) mass is 669 g/mol. The molecule has 1 atom stereocenters. The summed E-state index contributed by atoms with van der Waals surface area (Å²) in [4.78, 5) is 24.2. The zero-order valence-corrected chi connectivity index (χ0v) is 31.0. The van der Waals surface area contributed by atoms with Crippen LogP contribution in [0.1, 0.15) is 168 Å². The molecule has 0 aliphatic carbocycles. The maximum Gasteiger partial charge on any atom is 0.306 e. The summed E-state index contributed by atoms with van der Waals surface area (Å²) in [7, 11) is 0. The number of ether oxygens (including phenoxy) is 2. The van der Waals surface area contributed by atoms with Crippen molar-refractivity contribution >= 4 is 11.9 Å². The number of esters is 2. The molecule has 0 saturated carbocycles. The Kier molecular flexibility index (Phi) is 36.6. The molecule has 0 rings (SSSR count). The van der Waals surface area contributed by atoms with Crippen LogP contribution in [0.15, 0.2) is 72.9 Å². The molecule has 0 spiro atoms. The molecule has 274 valence electrons. The summed E-state index contributed by atoms with van der Waals surface area (Å²) in [6.45, 7) is 4.03. The average Bonchev–Trinajstić information content (AvgIpc) is 3.09. The lowest BCUT2D eigenvalue weighted by Crippen LogP contribution is -2.28. The number of carbonyl (C=O) groups is 2. The summed E-state index contributed by atoms with van der Waals surface area (Å²) in [5.41, 5.74) is 0. The van der Waals surface area contributed by atoms with Crippen molar-refractivity contribution in [3.63, 3.8) is 0 Å². The van der Waals surface area contributed by atoms with E-state index in [1.807, 2.05) is 0 Å². The second-order valence-corrected chi connectivity index (χ2v) is 12.6. The molecule has 5 heteroatoms. The molecule has 0 aromatic carbocycles. The molecule has 0 saturated heterocycles. The van der Waals surface area contributed by atoms with Crippen molar-refractivity contribution in [2.75, 3.05) is 13.2 Å². The lowest BCUT2D eigenvalue weighted by molar-refractivity contribution is -0.161.